The van der Waals surface area contributed by atoms with E-state index in [1.54, 1.807) is 0 Å². The molecule has 0 aliphatic carbocycles. The van der Waals surface area contributed by atoms with Crippen molar-refractivity contribution in [3.05, 3.63) is 28.8 Å². The highest BCUT2D eigenvalue weighted by atomic mass is 35.5. The van der Waals surface area contributed by atoms with E-state index in [1.807, 2.05) is 13.8 Å². The number of halogens is 1. The molecule has 27 heavy (non-hydrogen) atoms. The maximum absolute atomic E-state index is 12.8. The highest BCUT2D eigenvalue weighted by Gasteiger charge is 2.29. The first kappa shape index (κ1) is 21.6. The Kier molecular flexibility index (Phi) is 7.60. The lowest BCUT2D eigenvalue weighted by atomic mass is 10.2. The summed E-state index contributed by atoms with van der Waals surface area (Å²) in [6.45, 7) is 4.32. The average Bonchev–Trinajstić information content (AvgIpc) is 2.66. The third-order valence-electron chi connectivity index (χ3n) is 4.11. The SMILES string of the molecule is CC[C@H](C)NC(=O)COC(=O)c1ccc(Cl)c(S(=O)(=O)N2CCOCC2)c1. The fourth-order valence-electron chi connectivity index (χ4n) is 2.39. The van der Waals surface area contributed by atoms with Crippen molar-refractivity contribution in [2.75, 3.05) is 32.9 Å². The molecule has 1 aliphatic heterocycles. The molecular weight excluding hydrogens is 396 g/mol. The standard InChI is InChI=1S/C17H23ClN2O6S/c1-3-12(2)19-16(21)11-26-17(22)13-4-5-14(18)15(10-13)27(23,24)20-6-8-25-9-7-20/h4-5,10,12H,3,6-9,11H2,1-2H3,(H,19,21)/t12-/m0/s1. The van der Waals surface area contributed by atoms with E-state index < -0.39 is 28.5 Å². The van der Waals surface area contributed by atoms with Crippen LogP contribution in [0.25, 0.3) is 0 Å². The summed E-state index contributed by atoms with van der Waals surface area (Å²) in [5.41, 5.74) is 0.00238. The Bertz CT molecular complexity index is 793. The first-order valence-electron chi connectivity index (χ1n) is 8.59. The van der Waals surface area contributed by atoms with Gasteiger partial charge >= 0.3 is 5.97 Å². The van der Waals surface area contributed by atoms with Gasteiger partial charge in [0.25, 0.3) is 5.91 Å². The summed E-state index contributed by atoms with van der Waals surface area (Å²) in [6.07, 6.45) is 0.750. The first-order valence-corrected chi connectivity index (χ1v) is 10.4. The van der Waals surface area contributed by atoms with Crippen LogP contribution in [0.5, 0.6) is 0 Å². The molecule has 10 heteroatoms. The zero-order valence-corrected chi connectivity index (χ0v) is 16.8. The number of carbonyl (C=O) groups is 2. The lowest BCUT2D eigenvalue weighted by Crippen LogP contribution is -2.40. The zero-order chi connectivity index (χ0) is 20.0. The molecular formula is C17H23ClN2O6S. The number of ether oxygens (including phenoxy) is 2. The molecule has 1 atom stereocenters. The van der Waals surface area contributed by atoms with E-state index in [2.05, 4.69) is 5.32 Å². The third kappa shape index (κ3) is 5.65. The first-order chi connectivity index (χ1) is 12.8. The van der Waals surface area contributed by atoms with Gasteiger partial charge in [0.2, 0.25) is 10.0 Å². The molecule has 2 rings (SSSR count). The molecule has 0 bridgehead atoms. The number of nitrogens with zero attached hydrogens (tertiary/aromatic N) is 1. The number of nitrogens with one attached hydrogen (secondary N) is 1. The minimum absolute atomic E-state index is 0.00238. The van der Waals surface area contributed by atoms with Gasteiger partial charge in [-0.3, -0.25) is 4.79 Å². The highest BCUT2D eigenvalue weighted by molar-refractivity contribution is 7.89. The van der Waals surface area contributed by atoms with Crippen LogP contribution >= 0.6 is 11.6 Å². The molecule has 1 saturated heterocycles. The van der Waals surface area contributed by atoms with E-state index in [1.165, 1.54) is 22.5 Å². The van der Waals surface area contributed by atoms with Gasteiger partial charge in [0, 0.05) is 19.1 Å². The number of hydrogen-bond acceptors (Lipinski definition) is 6. The second kappa shape index (κ2) is 9.50. The van der Waals surface area contributed by atoms with Gasteiger partial charge in [-0.2, -0.15) is 4.31 Å². The van der Waals surface area contributed by atoms with E-state index >= 15 is 0 Å². The second-order valence-electron chi connectivity index (χ2n) is 6.11. The van der Waals surface area contributed by atoms with E-state index in [-0.39, 0.29) is 34.6 Å². The maximum atomic E-state index is 12.8. The molecule has 1 N–H and O–H groups in total. The van der Waals surface area contributed by atoms with Crippen molar-refractivity contribution in [1.82, 2.24) is 9.62 Å². The number of morpholine rings is 1. The molecule has 1 fully saturated rings. The predicted molar refractivity (Wildman–Crippen MR) is 99.2 cm³/mol. The van der Waals surface area contributed by atoms with Crippen molar-refractivity contribution in [2.24, 2.45) is 0 Å². The van der Waals surface area contributed by atoms with Crippen LogP contribution in [0, 0.1) is 0 Å². The Morgan fingerprint density at radius 3 is 2.63 bits per heavy atom. The smallest absolute Gasteiger partial charge is 0.338 e. The van der Waals surface area contributed by atoms with Gasteiger partial charge in [0.1, 0.15) is 4.90 Å². The van der Waals surface area contributed by atoms with Crippen molar-refractivity contribution in [3.8, 4) is 0 Å². The summed E-state index contributed by atoms with van der Waals surface area (Å²) in [5.74, 6) is -1.22. The van der Waals surface area contributed by atoms with Crippen LogP contribution in [0.1, 0.15) is 30.6 Å². The van der Waals surface area contributed by atoms with E-state index in [4.69, 9.17) is 21.1 Å². The van der Waals surface area contributed by atoms with Gasteiger partial charge in [-0.25, -0.2) is 13.2 Å². The Morgan fingerprint density at radius 2 is 2.00 bits per heavy atom. The Morgan fingerprint density at radius 1 is 1.33 bits per heavy atom. The monoisotopic (exact) mass is 418 g/mol. The van der Waals surface area contributed by atoms with Crippen LogP contribution in [0.4, 0.5) is 0 Å². The summed E-state index contributed by atoms with van der Waals surface area (Å²) in [7, 11) is -3.86. The van der Waals surface area contributed by atoms with Gasteiger partial charge in [-0.15, -0.1) is 0 Å². The second-order valence-corrected chi connectivity index (χ2v) is 8.43. The van der Waals surface area contributed by atoms with E-state index in [9.17, 15) is 18.0 Å². The summed E-state index contributed by atoms with van der Waals surface area (Å²) in [6, 6.07) is 3.82. The predicted octanol–water partition coefficient (Wildman–Crippen LogP) is 1.43. The zero-order valence-electron chi connectivity index (χ0n) is 15.2. The van der Waals surface area contributed by atoms with Gasteiger partial charge < -0.3 is 14.8 Å². The molecule has 0 unspecified atom stereocenters. The van der Waals surface area contributed by atoms with Crippen LogP contribution in [0.15, 0.2) is 23.1 Å². The quantitative estimate of drug-likeness (QED) is 0.672. The number of esters is 1. The molecule has 150 valence electrons. The van der Waals surface area contributed by atoms with E-state index in [0.29, 0.717) is 13.2 Å². The third-order valence-corrected chi connectivity index (χ3v) is 6.49. The van der Waals surface area contributed by atoms with Crippen LogP contribution in [0.2, 0.25) is 5.02 Å². The van der Waals surface area contributed by atoms with Gasteiger partial charge in [0.05, 0.1) is 23.8 Å². The number of sulfonamides is 1. The average molecular weight is 419 g/mol. The minimum Gasteiger partial charge on any atom is -0.452 e. The molecule has 1 aromatic rings. The summed E-state index contributed by atoms with van der Waals surface area (Å²) in [5, 5.41) is 2.68. The summed E-state index contributed by atoms with van der Waals surface area (Å²) >= 11 is 6.05. The fraction of sp³-hybridized carbons (Fsp3) is 0.529. The molecule has 1 amide bonds. The van der Waals surface area contributed by atoms with E-state index in [0.717, 1.165) is 6.42 Å². The van der Waals surface area contributed by atoms with Crippen molar-refractivity contribution in [1.29, 1.82) is 0 Å². The van der Waals surface area contributed by atoms with Crippen LogP contribution in [-0.4, -0.2) is 63.6 Å². The number of carbonyl (C=O) groups excluding carboxylic acids is 2. The molecule has 0 radical (unpaired) electrons. The Balaban J connectivity index is 2.12. The molecule has 0 spiro atoms. The van der Waals surface area contributed by atoms with Gasteiger partial charge in [-0.1, -0.05) is 18.5 Å². The Labute approximate surface area is 163 Å². The topological polar surface area (TPSA) is 102 Å². The Hall–Kier alpha value is -1.68. The molecule has 0 aromatic heterocycles. The molecule has 1 heterocycles. The maximum Gasteiger partial charge on any atom is 0.338 e. The summed E-state index contributed by atoms with van der Waals surface area (Å²) < 4.78 is 36.9. The largest absolute Gasteiger partial charge is 0.452 e. The van der Waals surface area contributed by atoms with Gasteiger partial charge in [0.15, 0.2) is 6.61 Å². The number of hydrogen-bond donors (Lipinski definition) is 1. The normalized spacial score (nSPS) is 16.6. The number of rotatable bonds is 7. The number of amides is 1. The van der Waals surface area contributed by atoms with Crippen LogP contribution in [0.3, 0.4) is 0 Å². The lowest BCUT2D eigenvalue weighted by molar-refractivity contribution is -0.124. The molecule has 0 saturated carbocycles. The van der Waals surface area contributed by atoms with Crippen molar-refractivity contribution < 1.29 is 27.5 Å². The van der Waals surface area contributed by atoms with Crippen molar-refractivity contribution in [2.45, 2.75) is 31.2 Å². The van der Waals surface area contributed by atoms with Gasteiger partial charge in [-0.05, 0) is 31.5 Å². The summed E-state index contributed by atoms with van der Waals surface area (Å²) in [4.78, 5) is 23.7. The fourth-order valence-corrected chi connectivity index (χ4v) is 4.30. The molecule has 1 aromatic carbocycles. The number of benzene rings is 1. The van der Waals surface area contributed by atoms with Crippen molar-refractivity contribution in [3.63, 3.8) is 0 Å². The van der Waals surface area contributed by atoms with Crippen molar-refractivity contribution >= 4 is 33.5 Å². The lowest BCUT2D eigenvalue weighted by Gasteiger charge is -2.26. The highest BCUT2D eigenvalue weighted by Crippen LogP contribution is 2.26. The minimum atomic E-state index is -3.86. The molecule has 8 nitrogen and oxygen atoms in total. The van der Waals surface area contributed by atoms with Crippen LogP contribution < -0.4 is 5.32 Å². The molecule has 1 aliphatic rings. The van der Waals surface area contributed by atoms with Crippen LogP contribution in [-0.2, 0) is 24.3 Å².